The Bertz CT molecular complexity index is 1670. The van der Waals surface area contributed by atoms with Crippen LogP contribution in [0.2, 0.25) is 0 Å². The first-order valence-corrected chi connectivity index (χ1v) is 16.6. The molecule has 6 nitrogen and oxygen atoms in total. The van der Waals surface area contributed by atoms with Gasteiger partial charge < -0.3 is 20.4 Å². The molecule has 0 atom stereocenters. The zero-order valence-corrected chi connectivity index (χ0v) is 27.7. The van der Waals surface area contributed by atoms with Crippen molar-refractivity contribution in [2.45, 2.75) is 57.8 Å². The summed E-state index contributed by atoms with van der Waals surface area (Å²) in [6.45, 7) is 2.27. The summed E-state index contributed by atoms with van der Waals surface area (Å²) >= 11 is 0. The molecule has 1 aliphatic rings. The lowest BCUT2D eigenvalue weighted by molar-refractivity contribution is -0.137. The smallest absolute Gasteiger partial charge is 0.335 e. The summed E-state index contributed by atoms with van der Waals surface area (Å²) in [5.41, 5.74) is 4.19. The van der Waals surface area contributed by atoms with Gasteiger partial charge in [0, 0.05) is 38.8 Å². The van der Waals surface area contributed by atoms with Crippen molar-refractivity contribution >= 4 is 12.1 Å². The van der Waals surface area contributed by atoms with Crippen LogP contribution in [0.15, 0.2) is 146 Å². The van der Waals surface area contributed by atoms with E-state index in [0.29, 0.717) is 37.8 Å². The number of nitrogens with zero attached hydrogens (tertiary/aromatic N) is 2. The predicted molar refractivity (Wildman–Crippen MR) is 189 cm³/mol. The molecule has 4 amide bonds. The minimum absolute atomic E-state index is 0.0326. The van der Waals surface area contributed by atoms with Crippen LogP contribution in [0, 0.1) is 0 Å². The molecule has 258 valence electrons. The number of hydrogen-bond acceptors (Lipinski definition) is 2. The van der Waals surface area contributed by atoms with Crippen LogP contribution >= 0.6 is 0 Å². The molecule has 9 heteroatoms. The van der Waals surface area contributed by atoms with Gasteiger partial charge in [-0.15, -0.1) is 0 Å². The van der Waals surface area contributed by atoms with Gasteiger partial charge in [-0.05, 0) is 52.8 Å². The molecule has 50 heavy (non-hydrogen) atoms. The highest BCUT2D eigenvalue weighted by Crippen LogP contribution is 2.29. The topological polar surface area (TPSA) is 64.7 Å². The van der Waals surface area contributed by atoms with E-state index in [1.807, 2.05) is 102 Å². The summed E-state index contributed by atoms with van der Waals surface area (Å²) in [4.78, 5) is 28.8. The summed E-state index contributed by atoms with van der Waals surface area (Å²) in [7, 11) is 0. The van der Waals surface area contributed by atoms with Crippen LogP contribution in [-0.4, -0.2) is 27.9 Å². The number of benzene rings is 5. The van der Waals surface area contributed by atoms with E-state index in [4.69, 9.17) is 0 Å². The lowest BCUT2D eigenvalue weighted by Crippen LogP contribution is -2.40. The van der Waals surface area contributed by atoms with Crippen molar-refractivity contribution < 1.29 is 22.8 Å². The van der Waals surface area contributed by atoms with Gasteiger partial charge in [0.2, 0.25) is 0 Å². The first kappa shape index (κ1) is 35.7. The number of hydrogen-bond donors (Lipinski definition) is 2. The molecule has 1 fully saturated rings. The van der Waals surface area contributed by atoms with Gasteiger partial charge in [-0.1, -0.05) is 133 Å². The first-order valence-electron chi connectivity index (χ1n) is 16.6. The number of rotatable bonds is 11. The molecule has 0 saturated heterocycles. The SMILES string of the molecule is O=C(NC1CC1)N(Cc1ccccc1)Cc1ccccc1.O=C(NCc1ccc(C(F)(F)F)cc1)N(Cc1ccccc1)Cc1ccccc1. The van der Waals surface area contributed by atoms with Gasteiger partial charge in [-0.3, -0.25) is 0 Å². The molecule has 6 rings (SSSR count). The van der Waals surface area contributed by atoms with Crippen LogP contribution in [0.5, 0.6) is 0 Å². The molecule has 0 heterocycles. The lowest BCUT2D eigenvalue weighted by atomic mass is 10.1. The van der Waals surface area contributed by atoms with Crippen LogP contribution in [0.4, 0.5) is 22.8 Å². The highest BCUT2D eigenvalue weighted by molar-refractivity contribution is 5.75. The maximum Gasteiger partial charge on any atom is 0.416 e. The second-order valence-electron chi connectivity index (χ2n) is 12.2. The molecule has 0 aliphatic heterocycles. The Morgan fingerprint density at radius 2 is 0.880 bits per heavy atom. The van der Waals surface area contributed by atoms with Crippen molar-refractivity contribution in [1.82, 2.24) is 20.4 Å². The molecular weight excluding hydrogens is 637 g/mol. The largest absolute Gasteiger partial charge is 0.416 e. The number of nitrogens with one attached hydrogen (secondary N) is 2. The van der Waals surface area contributed by atoms with Gasteiger partial charge in [-0.2, -0.15) is 13.2 Å². The zero-order chi connectivity index (χ0) is 35.2. The number of carbonyl (C=O) groups excluding carboxylic acids is 2. The number of alkyl halides is 3. The van der Waals surface area contributed by atoms with Crippen LogP contribution < -0.4 is 10.6 Å². The second kappa shape index (κ2) is 17.7. The van der Waals surface area contributed by atoms with Crippen molar-refractivity contribution in [3.63, 3.8) is 0 Å². The Morgan fingerprint density at radius 1 is 0.520 bits per heavy atom. The molecule has 0 aromatic heterocycles. The fourth-order valence-electron chi connectivity index (χ4n) is 5.21. The third-order valence-electron chi connectivity index (χ3n) is 8.07. The average molecular weight is 679 g/mol. The van der Waals surface area contributed by atoms with E-state index >= 15 is 0 Å². The maximum atomic E-state index is 12.8. The maximum absolute atomic E-state index is 12.8. The van der Waals surface area contributed by atoms with E-state index in [-0.39, 0.29) is 18.6 Å². The van der Waals surface area contributed by atoms with Crippen LogP contribution in [-0.2, 0) is 38.9 Å². The molecule has 5 aromatic rings. The fourth-order valence-corrected chi connectivity index (χ4v) is 5.21. The summed E-state index contributed by atoms with van der Waals surface area (Å²) in [5.74, 6) is 0. The van der Waals surface area contributed by atoms with Crippen LogP contribution in [0.1, 0.15) is 46.2 Å². The molecular formula is C41H41F3N4O2. The van der Waals surface area contributed by atoms with E-state index in [0.717, 1.165) is 47.2 Å². The van der Waals surface area contributed by atoms with Crippen molar-refractivity contribution in [2.75, 3.05) is 0 Å². The fraction of sp³-hybridized carbons (Fsp3) is 0.220. The van der Waals surface area contributed by atoms with E-state index in [1.54, 1.807) is 4.90 Å². The number of amides is 4. The average Bonchev–Trinajstić information content (AvgIpc) is 3.96. The van der Waals surface area contributed by atoms with Crippen LogP contribution in [0.25, 0.3) is 0 Å². The zero-order valence-electron chi connectivity index (χ0n) is 27.7. The first-order chi connectivity index (χ1) is 24.2. The minimum Gasteiger partial charge on any atom is -0.335 e. The monoisotopic (exact) mass is 678 g/mol. The molecule has 5 aromatic carbocycles. The summed E-state index contributed by atoms with van der Waals surface area (Å²) in [6.07, 6.45) is -2.16. The third-order valence-corrected chi connectivity index (χ3v) is 8.07. The summed E-state index contributed by atoms with van der Waals surface area (Å²) in [6, 6.07) is 44.4. The molecule has 0 bridgehead atoms. The lowest BCUT2D eigenvalue weighted by Gasteiger charge is -2.23. The van der Waals surface area contributed by atoms with Gasteiger partial charge in [-0.25, -0.2) is 9.59 Å². The molecule has 0 radical (unpaired) electrons. The van der Waals surface area contributed by atoms with Crippen LogP contribution in [0.3, 0.4) is 0 Å². The van der Waals surface area contributed by atoms with Gasteiger partial charge in [0.05, 0.1) is 5.56 Å². The molecule has 1 saturated carbocycles. The van der Waals surface area contributed by atoms with Crippen molar-refractivity contribution in [3.05, 3.63) is 179 Å². The highest BCUT2D eigenvalue weighted by atomic mass is 19.4. The Morgan fingerprint density at radius 3 is 1.22 bits per heavy atom. The minimum atomic E-state index is -4.37. The molecule has 1 aliphatic carbocycles. The summed E-state index contributed by atoms with van der Waals surface area (Å²) in [5, 5.41) is 5.88. The Kier molecular flexibility index (Phi) is 12.7. The normalized spacial score (nSPS) is 12.2. The standard InChI is InChI=1S/C23H21F3N2O.C18H20N2O/c24-23(25,26)21-13-11-18(12-14-21)15-27-22(29)28(16-19-7-3-1-4-8-19)17-20-9-5-2-6-10-20;21-18(19-17-11-12-17)20(13-15-7-3-1-4-8-15)14-16-9-5-2-6-10-16/h1-14H,15-17H2,(H,27,29);1-10,17H,11-14H2,(H,19,21). The van der Waals surface area contributed by atoms with E-state index < -0.39 is 11.7 Å². The number of urea groups is 2. The Balaban J connectivity index is 0.000000204. The predicted octanol–water partition coefficient (Wildman–Crippen LogP) is 9.18. The highest BCUT2D eigenvalue weighted by Gasteiger charge is 2.30. The van der Waals surface area contributed by atoms with Crippen molar-refractivity contribution in [3.8, 4) is 0 Å². The van der Waals surface area contributed by atoms with Gasteiger partial charge in [0.25, 0.3) is 0 Å². The molecule has 0 unspecified atom stereocenters. The molecule has 2 N–H and O–H groups in total. The van der Waals surface area contributed by atoms with Crippen molar-refractivity contribution in [2.24, 2.45) is 0 Å². The van der Waals surface area contributed by atoms with Crippen molar-refractivity contribution in [1.29, 1.82) is 0 Å². The summed E-state index contributed by atoms with van der Waals surface area (Å²) < 4.78 is 38.0. The third kappa shape index (κ3) is 11.8. The molecule has 0 spiro atoms. The Labute approximate surface area is 291 Å². The van der Waals surface area contributed by atoms with E-state index in [1.165, 1.54) is 12.1 Å². The van der Waals surface area contributed by atoms with Gasteiger partial charge in [0.1, 0.15) is 0 Å². The van der Waals surface area contributed by atoms with E-state index in [2.05, 4.69) is 34.9 Å². The van der Waals surface area contributed by atoms with E-state index in [9.17, 15) is 22.8 Å². The second-order valence-corrected chi connectivity index (χ2v) is 12.2. The van der Waals surface area contributed by atoms with Gasteiger partial charge >= 0.3 is 18.2 Å². The Hall–Kier alpha value is -5.57. The number of halogens is 3. The van der Waals surface area contributed by atoms with Gasteiger partial charge in [0.15, 0.2) is 0 Å². The number of carbonyl (C=O) groups is 2. The quantitative estimate of drug-likeness (QED) is 0.146.